The fourth-order valence-electron chi connectivity index (χ4n) is 3.76. The van der Waals surface area contributed by atoms with Gasteiger partial charge in [-0.25, -0.2) is 15.3 Å². The van der Waals surface area contributed by atoms with Crippen molar-refractivity contribution in [2.24, 2.45) is 5.10 Å². The minimum absolute atomic E-state index is 0.0695. The Labute approximate surface area is 218 Å². The van der Waals surface area contributed by atoms with Crippen molar-refractivity contribution >= 4 is 69.2 Å². The standard InChI is InChI=1S/C25H14Cl2N4O6/c26-12-9-10-16(14(27)11-12)31-24(35)20(29-30-22(34)13-5-1-3-7-17(13)32)19(21(33)25(31)36)23-28-15-6-2-4-8-18(15)37-23/h1-11,19,32H,(H,30,34)/b29-20-/t19-/m1/s1. The molecule has 1 atom stereocenters. The van der Waals surface area contributed by atoms with Crippen molar-refractivity contribution in [3.63, 3.8) is 0 Å². The van der Waals surface area contributed by atoms with Crippen molar-refractivity contribution in [2.45, 2.75) is 5.92 Å². The van der Waals surface area contributed by atoms with Gasteiger partial charge >= 0.3 is 5.91 Å². The molecule has 1 aliphatic heterocycles. The zero-order valence-corrected chi connectivity index (χ0v) is 20.0. The summed E-state index contributed by atoms with van der Waals surface area (Å²) in [7, 11) is 0. The predicted molar refractivity (Wildman–Crippen MR) is 134 cm³/mol. The van der Waals surface area contributed by atoms with Gasteiger partial charge in [0, 0.05) is 5.02 Å². The number of aromatic nitrogens is 1. The topological polar surface area (TPSA) is 142 Å². The number of oxazole rings is 1. The fraction of sp³-hybridized carbons (Fsp3) is 0.0400. The number of para-hydroxylation sites is 3. The monoisotopic (exact) mass is 536 g/mol. The zero-order chi connectivity index (χ0) is 26.3. The number of imide groups is 1. The number of nitrogens with one attached hydrogen (secondary N) is 1. The number of amides is 3. The number of aromatic hydroxyl groups is 1. The Bertz CT molecular complexity index is 1610. The number of fused-ring (bicyclic) bond motifs is 1. The molecule has 12 heteroatoms. The average molecular weight is 537 g/mol. The van der Waals surface area contributed by atoms with Crippen molar-refractivity contribution in [1.82, 2.24) is 10.4 Å². The molecule has 1 aromatic heterocycles. The molecule has 5 rings (SSSR count). The molecule has 1 aliphatic rings. The Morgan fingerprint density at radius 3 is 2.46 bits per heavy atom. The van der Waals surface area contributed by atoms with Crippen LogP contribution in [-0.4, -0.2) is 39.3 Å². The second-order valence-electron chi connectivity index (χ2n) is 7.81. The maximum Gasteiger partial charge on any atom is 0.302 e. The van der Waals surface area contributed by atoms with Gasteiger partial charge in [0.05, 0.1) is 16.3 Å². The van der Waals surface area contributed by atoms with Gasteiger partial charge < -0.3 is 9.52 Å². The lowest BCUT2D eigenvalue weighted by molar-refractivity contribution is -0.139. The summed E-state index contributed by atoms with van der Waals surface area (Å²) in [6, 6.07) is 16.2. The molecule has 1 fully saturated rings. The molecular formula is C25H14Cl2N4O6. The average Bonchev–Trinajstić information content (AvgIpc) is 3.30. The summed E-state index contributed by atoms with van der Waals surface area (Å²) in [6.07, 6.45) is 0. The summed E-state index contributed by atoms with van der Waals surface area (Å²) in [5.41, 5.74) is 2.06. The number of Topliss-reactive ketones (excluding diaryl/α,β-unsaturated/α-hetero) is 1. The van der Waals surface area contributed by atoms with Gasteiger partial charge in [0.2, 0.25) is 11.7 Å². The second-order valence-corrected chi connectivity index (χ2v) is 8.66. The summed E-state index contributed by atoms with van der Waals surface area (Å²) in [6.45, 7) is 0. The van der Waals surface area contributed by atoms with E-state index in [-0.39, 0.29) is 32.9 Å². The Balaban J connectivity index is 1.61. The van der Waals surface area contributed by atoms with Gasteiger partial charge in [0.25, 0.3) is 11.8 Å². The van der Waals surface area contributed by atoms with E-state index < -0.39 is 35.1 Å². The Morgan fingerprint density at radius 2 is 1.73 bits per heavy atom. The first-order valence-electron chi connectivity index (χ1n) is 10.7. The molecule has 2 N–H and O–H groups in total. The predicted octanol–water partition coefficient (Wildman–Crippen LogP) is 3.85. The molecule has 0 spiro atoms. The van der Waals surface area contributed by atoms with E-state index in [0.29, 0.717) is 16.0 Å². The van der Waals surface area contributed by atoms with Crippen LogP contribution in [0.1, 0.15) is 22.2 Å². The van der Waals surface area contributed by atoms with Crippen molar-refractivity contribution in [3.8, 4) is 5.75 Å². The molecule has 0 radical (unpaired) electrons. The van der Waals surface area contributed by atoms with E-state index in [1.54, 1.807) is 24.3 Å². The molecule has 0 bridgehead atoms. The molecule has 0 unspecified atom stereocenters. The van der Waals surface area contributed by atoms with E-state index in [9.17, 15) is 24.3 Å². The van der Waals surface area contributed by atoms with Crippen LogP contribution < -0.4 is 10.3 Å². The molecule has 184 valence electrons. The number of carbonyl (C=O) groups is 4. The van der Waals surface area contributed by atoms with E-state index in [1.807, 2.05) is 0 Å². The number of nitrogens with zero attached hydrogens (tertiary/aromatic N) is 3. The molecule has 1 saturated heterocycles. The van der Waals surface area contributed by atoms with Crippen LogP contribution in [0.4, 0.5) is 5.69 Å². The first-order chi connectivity index (χ1) is 17.8. The number of hydrogen-bond acceptors (Lipinski definition) is 8. The van der Waals surface area contributed by atoms with Crippen LogP contribution in [0.2, 0.25) is 10.0 Å². The first-order valence-corrected chi connectivity index (χ1v) is 11.4. The van der Waals surface area contributed by atoms with Gasteiger partial charge in [-0.2, -0.15) is 5.10 Å². The van der Waals surface area contributed by atoms with Gasteiger partial charge in [-0.1, -0.05) is 47.5 Å². The molecule has 3 amide bonds. The van der Waals surface area contributed by atoms with Crippen molar-refractivity contribution in [3.05, 3.63) is 88.2 Å². The summed E-state index contributed by atoms with van der Waals surface area (Å²) >= 11 is 12.1. The SMILES string of the molecule is O=C(N/N=C1\C(=O)N(c2ccc(Cl)cc2Cl)C(=O)C(=O)[C@@H]1c1nc2ccccc2o1)c1ccccc1O. The number of rotatable bonds is 4. The second kappa shape index (κ2) is 9.49. The number of phenols is 1. The quantitative estimate of drug-likeness (QED) is 0.229. The number of piperidine rings is 1. The molecule has 0 aliphatic carbocycles. The van der Waals surface area contributed by atoms with E-state index in [0.717, 1.165) is 0 Å². The summed E-state index contributed by atoms with van der Waals surface area (Å²) in [5.74, 6) is -6.44. The lowest BCUT2D eigenvalue weighted by Gasteiger charge is -2.29. The summed E-state index contributed by atoms with van der Waals surface area (Å²) < 4.78 is 5.66. The Kier molecular flexibility index (Phi) is 6.20. The number of phenolic OH excluding ortho intramolecular Hbond substituents is 1. The maximum absolute atomic E-state index is 13.6. The minimum Gasteiger partial charge on any atom is -0.507 e. The number of hydrogen-bond donors (Lipinski definition) is 2. The van der Waals surface area contributed by atoms with Crippen LogP contribution in [0.5, 0.6) is 5.75 Å². The highest BCUT2D eigenvalue weighted by Crippen LogP contribution is 2.34. The normalized spacial score (nSPS) is 17.0. The van der Waals surface area contributed by atoms with Crippen LogP contribution in [0, 0.1) is 0 Å². The third kappa shape index (κ3) is 4.32. The lowest BCUT2D eigenvalue weighted by Crippen LogP contribution is -2.55. The van der Waals surface area contributed by atoms with Gasteiger partial charge in [0.1, 0.15) is 17.0 Å². The van der Waals surface area contributed by atoms with E-state index >= 15 is 0 Å². The van der Waals surface area contributed by atoms with Gasteiger partial charge in [0.15, 0.2) is 11.5 Å². The Morgan fingerprint density at radius 1 is 1.00 bits per heavy atom. The van der Waals surface area contributed by atoms with Crippen molar-refractivity contribution in [1.29, 1.82) is 0 Å². The van der Waals surface area contributed by atoms with Gasteiger partial charge in [-0.15, -0.1) is 0 Å². The van der Waals surface area contributed by atoms with E-state index in [2.05, 4.69) is 15.5 Å². The van der Waals surface area contributed by atoms with Gasteiger partial charge in [-0.3, -0.25) is 19.2 Å². The largest absolute Gasteiger partial charge is 0.507 e. The molecule has 2 heterocycles. The summed E-state index contributed by atoms with van der Waals surface area (Å²) in [4.78, 5) is 57.5. The number of anilines is 1. The first kappa shape index (κ1) is 24.2. The maximum atomic E-state index is 13.6. The molecule has 3 aromatic carbocycles. The molecule has 10 nitrogen and oxygen atoms in total. The van der Waals surface area contributed by atoms with Gasteiger partial charge in [-0.05, 0) is 42.5 Å². The zero-order valence-electron chi connectivity index (χ0n) is 18.5. The third-order valence-corrected chi connectivity index (χ3v) is 6.04. The van der Waals surface area contributed by atoms with Crippen LogP contribution in [0.3, 0.4) is 0 Å². The van der Waals surface area contributed by atoms with Crippen molar-refractivity contribution in [2.75, 3.05) is 4.90 Å². The molecule has 0 saturated carbocycles. The third-order valence-electron chi connectivity index (χ3n) is 5.51. The number of ketones is 1. The number of benzene rings is 3. The van der Waals surface area contributed by atoms with Crippen LogP contribution >= 0.6 is 23.2 Å². The number of hydrazone groups is 1. The fourth-order valence-corrected chi connectivity index (χ4v) is 4.25. The van der Waals surface area contributed by atoms with Crippen LogP contribution in [-0.2, 0) is 14.4 Å². The smallest absolute Gasteiger partial charge is 0.302 e. The van der Waals surface area contributed by atoms with Crippen molar-refractivity contribution < 1.29 is 28.7 Å². The molecule has 4 aromatic rings. The number of carbonyl (C=O) groups excluding carboxylic acids is 4. The number of halogens is 2. The lowest BCUT2D eigenvalue weighted by atomic mass is 9.91. The Hall–Kier alpha value is -4.54. The van der Waals surface area contributed by atoms with E-state index in [1.165, 1.54) is 42.5 Å². The highest BCUT2D eigenvalue weighted by atomic mass is 35.5. The van der Waals surface area contributed by atoms with Crippen LogP contribution in [0.15, 0.2) is 76.2 Å². The van der Waals surface area contributed by atoms with E-state index in [4.69, 9.17) is 27.6 Å². The molecular weight excluding hydrogens is 523 g/mol. The highest BCUT2D eigenvalue weighted by molar-refractivity contribution is 6.67. The minimum atomic E-state index is -1.65. The summed E-state index contributed by atoms with van der Waals surface area (Å²) in [5, 5.41) is 14.0. The van der Waals surface area contributed by atoms with Crippen LogP contribution in [0.25, 0.3) is 11.1 Å². The molecule has 37 heavy (non-hydrogen) atoms. The highest BCUT2D eigenvalue weighted by Gasteiger charge is 2.50.